The highest BCUT2D eigenvalue weighted by Crippen LogP contribution is 2.44. The fourth-order valence-electron chi connectivity index (χ4n) is 3.94. The first-order valence-electron chi connectivity index (χ1n) is 11.0. The molecule has 0 saturated carbocycles. The molecular formula is C26H27F3N2O5. The number of fused-ring (bicyclic) bond motifs is 1. The molecule has 1 atom stereocenters. The average Bonchev–Trinajstić information content (AvgIpc) is 2.75. The number of H-pyrrole nitrogens is 1. The van der Waals surface area contributed by atoms with Crippen molar-refractivity contribution in [3.05, 3.63) is 69.5 Å². The summed E-state index contributed by atoms with van der Waals surface area (Å²) in [5.74, 6) is -1.90. The SMILES string of the molecule is COC(=O)C(NC(=O)OC(C)(C)C)(c1c(-c2ccc(C)cc2)c2cc(C)ccc2[nH]c1=O)C(F)(F)F. The summed E-state index contributed by atoms with van der Waals surface area (Å²) in [4.78, 5) is 41.5. The number of ether oxygens (including phenoxy) is 2. The van der Waals surface area contributed by atoms with Crippen LogP contribution >= 0.6 is 0 Å². The molecule has 36 heavy (non-hydrogen) atoms. The number of aryl methyl sites for hydroxylation is 2. The predicted molar refractivity (Wildman–Crippen MR) is 129 cm³/mol. The van der Waals surface area contributed by atoms with E-state index in [1.54, 1.807) is 61.6 Å². The van der Waals surface area contributed by atoms with Crippen LogP contribution in [0.3, 0.4) is 0 Å². The molecule has 10 heteroatoms. The summed E-state index contributed by atoms with van der Waals surface area (Å²) in [5, 5.41) is 1.90. The molecule has 192 valence electrons. The van der Waals surface area contributed by atoms with Crippen LogP contribution in [-0.2, 0) is 19.8 Å². The van der Waals surface area contributed by atoms with Crippen molar-refractivity contribution in [3.8, 4) is 11.1 Å². The molecule has 2 aromatic carbocycles. The highest BCUT2D eigenvalue weighted by Gasteiger charge is 2.66. The Morgan fingerprint density at radius 3 is 2.06 bits per heavy atom. The number of esters is 1. The Morgan fingerprint density at radius 1 is 0.944 bits per heavy atom. The maximum atomic E-state index is 15.0. The number of carbonyl (C=O) groups excluding carboxylic acids is 2. The highest BCUT2D eigenvalue weighted by atomic mass is 19.4. The molecule has 3 aromatic rings. The Hall–Kier alpha value is -3.82. The maximum absolute atomic E-state index is 15.0. The Morgan fingerprint density at radius 2 is 1.53 bits per heavy atom. The first-order valence-corrected chi connectivity index (χ1v) is 11.0. The zero-order valence-electron chi connectivity index (χ0n) is 20.7. The third kappa shape index (κ3) is 4.93. The first-order chi connectivity index (χ1) is 16.6. The van der Waals surface area contributed by atoms with Crippen LogP contribution < -0.4 is 10.9 Å². The molecule has 3 rings (SSSR count). The molecule has 1 unspecified atom stereocenters. The van der Waals surface area contributed by atoms with Gasteiger partial charge in [-0.1, -0.05) is 41.5 Å². The lowest BCUT2D eigenvalue weighted by atomic mass is 9.82. The second-order valence-electron chi connectivity index (χ2n) is 9.49. The van der Waals surface area contributed by atoms with Gasteiger partial charge in [-0.25, -0.2) is 9.59 Å². The maximum Gasteiger partial charge on any atom is 0.427 e. The van der Waals surface area contributed by atoms with E-state index in [1.165, 1.54) is 20.8 Å². The number of nitrogens with one attached hydrogen (secondary N) is 2. The summed E-state index contributed by atoms with van der Waals surface area (Å²) < 4.78 is 54.5. The van der Waals surface area contributed by atoms with Crippen molar-refractivity contribution >= 4 is 23.0 Å². The minimum Gasteiger partial charge on any atom is -0.467 e. The summed E-state index contributed by atoms with van der Waals surface area (Å²) in [6.45, 7) is 7.87. The number of carbonyl (C=O) groups is 2. The lowest BCUT2D eigenvalue weighted by molar-refractivity contribution is -0.214. The lowest BCUT2D eigenvalue weighted by Crippen LogP contribution is -2.64. The van der Waals surface area contributed by atoms with Crippen LogP contribution in [0.5, 0.6) is 0 Å². The molecule has 0 fully saturated rings. The van der Waals surface area contributed by atoms with Crippen LogP contribution in [-0.4, -0.2) is 35.9 Å². The van der Waals surface area contributed by atoms with E-state index in [4.69, 9.17) is 4.74 Å². The molecule has 7 nitrogen and oxygen atoms in total. The quantitative estimate of drug-likeness (QED) is 0.472. The van der Waals surface area contributed by atoms with Gasteiger partial charge in [0.2, 0.25) is 0 Å². The third-order valence-corrected chi connectivity index (χ3v) is 5.49. The van der Waals surface area contributed by atoms with E-state index < -0.39 is 40.5 Å². The van der Waals surface area contributed by atoms with Gasteiger partial charge in [-0.15, -0.1) is 0 Å². The van der Waals surface area contributed by atoms with Gasteiger partial charge in [-0.05, 0) is 52.3 Å². The standard InChI is InChI=1S/C26H27F3N2O5/c1-14-7-10-16(11-8-14)19-17-13-15(2)9-12-18(17)30-21(32)20(19)25(22(33)35-6,26(27,28)29)31-23(34)36-24(3,4)5/h7-13H,1-6H3,(H,30,32)(H,31,34). The average molecular weight is 505 g/mol. The number of halogens is 3. The minimum atomic E-state index is -5.50. The molecule has 1 aromatic heterocycles. The number of aromatic nitrogens is 1. The van der Waals surface area contributed by atoms with Crippen LogP contribution in [0.15, 0.2) is 47.3 Å². The molecule has 0 aliphatic rings. The Kier molecular flexibility index (Phi) is 6.94. The fraction of sp³-hybridized carbons (Fsp3) is 0.346. The summed E-state index contributed by atoms with van der Waals surface area (Å²) in [6.07, 6.45) is -7.05. The molecule has 0 saturated heterocycles. The number of rotatable bonds is 4. The molecule has 1 heterocycles. The molecule has 0 spiro atoms. The van der Waals surface area contributed by atoms with Gasteiger partial charge in [0.25, 0.3) is 11.1 Å². The van der Waals surface area contributed by atoms with Gasteiger partial charge >= 0.3 is 18.2 Å². The van der Waals surface area contributed by atoms with Gasteiger partial charge in [0.05, 0.1) is 12.7 Å². The molecule has 2 N–H and O–H groups in total. The van der Waals surface area contributed by atoms with Gasteiger partial charge in [-0.3, -0.25) is 10.1 Å². The second kappa shape index (κ2) is 9.33. The van der Waals surface area contributed by atoms with E-state index in [-0.39, 0.29) is 22.0 Å². The summed E-state index contributed by atoms with van der Waals surface area (Å²) in [5.41, 5.74) is -5.48. The first kappa shape index (κ1) is 26.8. The lowest BCUT2D eigenvalue weighted by Gasteiger charge is -2.35. The van der Waals surface area contributed by atoms with E-state index in [0.29, 0.717) is 5.56 Å². The number of pyridine rings is 1. The predicted octanol–water partition coefficient (Wildman–Crippen LogP) is 5.27. The van der Waals surface area contributed by atoms with E-state index in [9.17, 15) is 27.6 Å². The topological polar surface area (TPSA) is 97.5 Å². The van der Waals surface area contributed by atoms with Crippen molar-refractivity contribution in [3.63, 3.8) is 0 Å². The molecule has 0 aliphatic carbocycles. The number of hydrogen-bond acceptors (Lipinski definition) is 5. The monoisotopic (exact) mass is 504 g/mol. The van der Waals surface area contributed by atoms with Crippen molar-refractivity contribution < 1.29 is 32.2 Å². The third-order valence-electron chi connectivity index (χ3n) is 5.49. The number of benzene rings is 2. The van der Waals surface area contributed by atoms with Gasteiger partial charge in [-0.2, -0.15) is 13.2 Å². The fourth-order valence-corrected chi connectivity index (χ4v) is 3.94. The zero-order valence-corrected chi connectivity index (χ0v) is 20.7. The molecule has 0 aliphatic heterocycles. The summed E-state index contributed by atoms with van der Waals surface area (Å²) in [6, 6.07) is 11.3. The Balaban J connectivity index is 2.54. The van der Waals surface area contributed by atoms with Crippen molar-refractivity contribution in [2.75, 3.05) is 7.11 Å². The Bertz CT molecular complexity index is 1370. The van der Waals surface area contributed by atoms with Crippen molar-refractivity contribution in [1.29, 1.82) is 0 Å². The largest absolute Gasteiger partial charge is 0.467 e. The normalized spacial score (nSPS) is 13.7. The minimum absolute atomic E-state index is 0.170. The van der Waals surface area contributed by atoms with Crippen LogP contribution in [0.25, 0.3) is 22.0 Å². The number of aromatic amines is 1. The summed E-state index contributed by atoms with van der Waals surface area (Å²) in [7, 11) is 0.741. The number of alkyl halides is 3. The molecular weight excluding hydrogens is 477 g/mol. The van der Waals surface area contributed by atoms with Gasteiger partial charge in [0.1, 0.15) is 5.60 Å². The number of hydrogen-bond donors (Lipinski definition) is 2. The molecule has 1 amide bonds. The van der Waals surface area contributed by atoms with E-state index in [0.717, 1.165) is 12.7 Å². The number of methoxy groups -OCH3 is 1. The highest BCUT2D eigenvalue weighted by molar-refractivity contribution is 6.00. The second-order valence-corrected chi connectivity index (χ2v) is 9.49. The van der Waals surface area contributed by atoms with E-state index in [1.807, 2.05) is 0 Å². The zero-order chi connectivity index (χ0) is 27.1. The van der Waals surface area contributed by atoms with E-state index in [2.05, 4.69) is 9.72 Å². The number of alkyl carbamates (subject to hydrolysis) is 1. The van der Waals surface area contributed by atoms with Crippen molar-refractivity contribution in [1.82, 2.24) is 10.3 Å². The van der Waals surface area contributed by atoms with Crippen LogP contribution in [0.2, 0.25) is 0 Å². The Labute approximate surface area is 205 Å². The summed E-state index contributed by atoms with van der Waals surface area (Å²) >= 11 is 0. The van der Waals surface area contributed by atoms with Gasteiger partial charge in [0.15, 0.2) is 0 Å². The van der Waals surface area contributed by atoms with Gasteiger partial charge < -0.3 is 14.5 Å². The van der Waals surface area contributed by atoms with Gasteiger partial charge in [0, 0.05) is 16.5 Å². The van der Waals surface area contributed by atoms with Crippen LogP contribution in [0.4, 0.5) is 18.0 Å². The van der Waals surface area contributed by atoms with E-state index >= 15 is 0 Å². The van der Waals surface area contributed by atoms with Crippen molar-refractivity contribution in [2.45, 2.75) is 51.9 Å². The number of amides is 1. The van der Waals surface area contributed by atoms with Crippen molar-refractivity contribution in [2.24, 2.45) is 0 Å². The molecule has 0 bridgehead atoms. The van der Waals surface area contributed by atoms with Crippen LogP contribution in [0.1, 0.15) is 37.5 Å². The van der Waals surface area contributed by atoms with Crippen LogP contribution in [0, 0.1) is 13.8 Å². The molecule has 0 radical (unpaired) electrons. The smallest absolute Gasteiger partial charge is 0.427 e.